The van der Waals surface area contributed by atoms with Crippen LogP contribution in [-0.4, -0.2) is 17.1 Å². The van der Waals surface area contributed by atoms with Gasteiger partial charge in [-0.15, -0.1) is 0 Å². The van der Waals surface area contributed by atoms with Gasteiger partial charge in [-0.25, -0.2) is 0 Å². The van der Waals surface area contributed by atoms with E-state index in [0.717, 1.165) is 11.7 Å². The highest BCUT2D eigenvalue weighted by Crippen LogP contribution is 2.36. The summed E-state index contributed by atoms with van der Waals surface area (Å²) in [5.74, 6) is 2.18. The summed E-state index contributed by atoms with van der Waals surface area (Å²) >= 11 is 0. The molecule has 1 aliphatic carbocycles. The fourth-order valence-electron chi connectivity index (χ4n) is 1.91. The normalized spacial score (nSPS) is 22.6. The van der Waals surface area contributed by atoms with E-state index in [1.54, 1.807) is 0 Å². The molecule has 2 unspecified atom stereocenters. The van der Waals surface area contributed by atoms with Crippen molar-refractivity contribution in [3.05, 3.63) is 12.1 Å². The predicted molar refractivity (Wildman–Crippen MR) is 70.2 cm³/mol. The molecule has 94 valence electrons. The highest BCUT2D eigenvalue weighted by Gasteiger charge is 2.35. The predicted octanol–water partition coefficient (Wildman–Crippen LogP) is 2.66. The number of hydrogen-bond donors (Lipinski definition) is 2. The van der Waals surface area contributed by atoms with Crippen molar-refractivity contribution in [3.63, 3.8) is 0 Å². The van der Waals surface area contributed by atoms with Gasteiger partial charge in [0.25, 0.3) is 0 Å². The van der Waals surface area contributed by atoms with Crippen molar-refractivity contribution in [2.24, 2.45) is 5.92 Å². The number of anilines is 2. The van der Waals surface area contributed by atoms with E-state index < -0.39 is 0 Å². The molecule has 1 aromatic rings. The van der Waals surface area contributed by atoms with Gasteiger partial charge in [-0.3, -0.25) is 0 Å². The molecule has 3 N–H and O–H groups in total. The van der Waals surface area contributed by atoms with Gasteiger partial charge >= 0.3 is 0 Å². The summed E-state index contributed by atoms with van der Waals surface area (Å²) in [4.78, 5) is 4.40. The summed E-state index contributed by atoms with van der Waals surface area (Å²) in [7, 11) is 0. The first-order chi connectivity index (χ1) is 8.10. The third kappa shape index (κ3) is 3.02. The monoisotopic (exact) mass is 235 g/mol. The number of nitrogen functional groups attached to an aromatic ring is 1. The summed E-state index contributed by atoms with van der Waals surface area (Å²) in [6.45, 7) is 6.15. The highest BCUT2D eigenvalue weighted by atomic mass is 16.5. The fourth-order valence-corrected chi connectivity index (χ4v) is 1.91. The van der Waals surface area contributed by atoms with E-state index in [1.165, 1.54) is 12.8 Å². The molecular formula is C13H21N3O. The lowest BCUT2D eigenvalue weighted by Crippen LogP contribution is -2.11. The van der Waals surface area contributed by atoms with Crippen LogP contribution >= 0.6 is 0 Å². The molecule has 0 aliphatic heterocycles. The quantitative estimate of drug-likeness (QED) is 0.823. The van der Waals surface area contributed by atoms with Gasteiger partial charge in [0.05, 0.1) is 11.8 Å². The van der Waals surface area contributed by atoms with Gasteiger partial charge in [0.15, 0.2) is 0 Å². The van der Waals surface area contributed by atoms with Gasteiger partial charge in [0.1, 0.15) is 5.82 Å². The van der Waals surface area contributed by atoms with Crippen molar-refractivity contribution in [3.8, 4) is 5.88 Å². The van der Waals surface area contributed by atoms with Crippen LogP contribution < -0.4 is 15.8 Å². The zero-order chi connectivity index (χ0) is 12.4. The Labute approximate surface area is 103 Å². The van der Waals surface area contributed by atoms with Gasteiger partial charge < -0.3 is 15.8 Å². The third-order valence-electron chi connectivity index (χ3n) is 3.02. The van der Waals surface area contributed by atoms with E-state index in [9.17, 15) is 0 Å². The molecule has 1 heterocycles. The number of hydrogen-bond acceptors (Lipinski definition) is 4. The van der Waals surface area contributed by atoms with E-state index in [0.29, 0.717) is 17.6 Å². The molecule has 1 aliphatic rings. The molecule has 0 bridgehead atoms. The lowest BCUT2D eigenvalue weighted by Gasteiger charge is -2.12. The van der Waals surface area contributed by atoms with Gasteiger partial charge in [0, 0.05) is 6.04 Å². The highest BCUT2D eigenvalue weighted by molar-refractivity contribution is 5.54. The number of aromatic nitrogens is 1. The Kier molecular flexibility index (Phi) is 3.41. The largest absolute Gasteiger partial charge is 0.473 e. The SMILES string of the molecule is CCC1CC1Nc1ccc(N)c(OC(C)C)n1. The minimum atomic E-state index is 0.0874. The molecule has 2 rings (SSSR count). The Morgan fingerprint density at radius 2 is 2.29 bits per heavy atom. The molecule has 2 atom stereocenters. The average Bonchev–Trinajstić information content (AvgIpc) is 3.01. The molecule has 0 radical (unpaired) electrons. The number of ether oxygens (including phenoxy) is 1. The van der Waals surface area contributed by atoms with Crippen LogP contribution in [0.15, 0.2) is 12.1 Å². The van der Waals surface area contributed by atoms with E-state index in [1.807, 2.05) is 26.0 Å². The zero-order valence-electron chi connectivity index (χ0n) is 10.7. The second kappa shape index (κ2) is 4.82. The number of nitrogens with one attached hydrogen (secondary N) is 1. The minimum Gasteiger partial charge on any atom is -0.473 e. The second-order valence-electron chi connectivity index (χ2n) is 4.91. The lowest BCUT2D eigenvalue weighted by atomic mass is 10.3. The van der Waals surface area contributed by atoms with Gasteiger partial charge in [-0.2, -0.15) is 4.98 Å². The third-order valence-corrected chi connectivity index (χ3v) is 3.02. The summed E-state index contributed by atoms with van der Waals surface area (Å²) in [5.41, 5.74) is 6.41. The molecule has 1 aromatic heterocycles. The molecule has 0 aromatic carbocycles. The minimum absolute atomic E-state index is 0.0874. The molecular weight excluding hydrogens is 214 g/mol. The van der Waals surface area contributed by atoms with Crippen LogP contribution in [0.25, 0.3) is 0 Å². The van der Waals surface area contributed by atoms with E-state index in [2.05, 4.69) is 17.2 Å². The Bertz CT molecular complexity index is 392. The number of nitrogens with zero attached hydrogens (tertiary/aromatic N) is 1. The molecule has 0 spiro atoms. The standard InChI is InChI=1S/C13H21N3O/c1-4-9-7-11(9)15-12-6-5-10(14)13(16-12)17-8(2)3/h5-6,8-9,11H,4,7,14H2,1-3H3,(H,15,16). The van der Waals surface area contributed by atoms with Gasteiger partial charge in [-0.1, -0.05) is 13.3 Å². The Morgan fingerprint density at radius 3 is 2.88 bits per heavy atom. The summed E-state index contributed by atoms with van der Waals surface area (Å²) < 4.78 is 5.56. The van der Waals surface area contributed by atoms with Crippen LogP contribution in [-0.2, 0) is 0 Å². The number of pyridine rings is 1. The molecule has 4 heteroatoms. The van der Waals surface area contributed by atoms with E-state index in [-0.39, 0.29) is 6.10 Å². The zero-order valence-corrected chi connectivity index (χ0v) is 10.7. The molecule has 1 saturated carbocycles. The summed E-state index contributed by atoms with van der Waals surface area (Å²) in [6, 6.07) is 4.33. The maximum absolute atomic E-state index is 5.82. The molecule has 1 fully saturated rings. The molecule has 17 heavy (non-hydrogen) atoms. The van der Waals surface area contributed by atoms with Gasteiger partial charge in [-0.05, 0) is 38.3 Å². The Hall–Kier alpha value is -1.45. The first-order valence-electron chi connectivity index (χ1n) is 6.29. The second-order valence-corrected chi connectivity index (χ2v) is 4.91. The van der Waals surface area contributed by atoms with Crippen LogP contribution in [0.2, 0.25) is 0 Å². The van der Waals surface area contributed by atoms with Crippen molar-refractivity contribution < 1.29 is 4.74 Å². The number of nitrogens with two attached hydrogens (primary N) is 1. The Morgan fingerprint density at radius 1 is 1.53 bits per heavy atom. The van der Waals surface area contributed by atoms with Crippen LogP contribution in [0.4, 0.5) is 11.5 Å². The Balaban J connectivity index is 2.03. The van der Waals surface area contributed by atoms with E-state index in [4.69, 9.17) is 10.5 Å². The van der Waals surface area contributed by atoms with Crippen molar-refractivity contribution in [2.45, 2.75) is 45.8 Å². The molecule has 0 amide bonds. The van der Waals surface area contributed by atoms with Gasteiger partial charge in [0.2, 0.25) is 5.88 Å². The lowest BCUT2D eigenvalue weighted by molar-refractivity contribution is 0.234. The maximum atomic E-state index is 5.82. The average molecular weight is 235 g/mol. The summed E-state index contributed by atoms with van der Waals surface area (Å²) in [5, 5.41) is 3.41. The fraction of sp³-hybridized carbons (Fsp3) is 0.615. The topological polar surface area (TPSA) is 60.2 Å². The van der Waals surface area contributed by atoms with Crippen LogP contribution in [0.5, 0.6) is 5.88 Å². The van der Waals surface area contributed by atoms with Crippen LogP contribution in [0.3, 0.4) is 0 Å². The van der Waals surface area contributed by atoms with E-state index >= 15 is 0 Å². The smallest absolute Gasteiger partial charge is 0.239 e. The first kappa shape index (κ1) is 12.0. The van der Waals surface area contributed by atoms with Crippen molar-refractivity contribution in [2.75, 3.05) is 11.1 Å². The molecule has 0 saturated heterocycles. The number of rotatable bonds is 5. The maximum Gasteiger partial charge on any atom is 0.239 e. The van der Waals surface area contributed by atoms with Crippen LogP contribution in [0, 0.1) is 5.92 Å². The summed E-state index contributed by atoms with van der Waals surface area (Å²) in [6.07, 6.45) is 2.55. The first-order valence-corrected chi connectivity index (χ1v) is 6.29. The molecule has 4 nitrogen and oxygen atoms in total. The van der Waals surface area contributed by atoms with Crippen molar-refractivity contribution >= 4 is 11.5 Å². The van der Waals surface area contributed by atoms with Crippen molar-refractivity contribution in [1.29, 1.82) is 0 Å². The van der Waals surface area contributed by atoms with Crippen LogP contribution in [0.1, 0.15) is 33.6 Å². The van der Waals surface area contributed by atoms with Crippen molar-refractivity contribution in [1.82, 2.24) is 4.98 Å².